The second-order valence-corrected chi connectivity index (χ2v) is 4.48. The number of hydrogen-bond donors (Lipinski definition) is 1. The highest BCUT2D eigenvalue weighted by atomic mass is 35.5. The molecule has 16 heavy (non-hydrogen) atoms. The van der Waals surface area contributed by atoms with Crippen LogP contribution in [0.2, 0.25) is 5.02 Å². The Bertz CT molecular complexity index is 601. The number of benzene rings is 1. The summed E-state index contributed by atoms with van der Waals surface area (Å²) in [5, 5.41) is 4.64. The lowest BCUT2D eigenvalue weighted by Gasteiger charge is -2.17. The van der Waals surface area contributed by atoms with Crippen LogP contribution in [0.15, 0.2) is 18.2 Å². The van der Waals surface area contributed by atoms with Gasteiger partial charge in [0.2, 0.25) is 0 Å². The van der Waals surface area contributed by atoms with E-state index in [1.807, 2.05) is 25.1 Å². The fourth-order valence-corrected chi connectivity index (χ4v) is 2.56. The first-order chi connectivity index (χ1) is 7.68. The van der Waals surface area contributed by atoms with E-state index >= 15 is 0 Å². The molecule has 1 N–H and O–H groups in total. The van der Waals surface area contributed by atoms with Gasteiger partial charge in [-0.25, -0.2) is 0 Å². The third-order valence-corrected chi connectivity index (χ3v) is 3.35. The van der Waals surface area contributed by atoms with Crippen molar-refractivity contribution in [3.63, 3.8) is 0 Å². The number of carbonyl (C=O) groups is 1. The van der Waals surface area contributed by atoms with Crippen LogP contribution in [0, 0.1) is 6.92 Å². The quantitative estimate of drug-likeness (QED) is 0.746. The highest BCUT2D eigenvalue weighted by molar-refractivity contribution is 6.31. The number of aromatic nitrogens is 1. The maximum absolute atomic E-state index is 11.8. The molecule has 2 aromatic rings. The number of hydrogen-bond acceptors (Lipinski definition) is 1. The van der Waals surface area contributed by atoms with Gasteiger partial charge in [0, 0.05) is 29.0 Å². The van der Waals surface area contributed by atoms with Gasteiger partial charge < -0.3 is 9.88 Å². The Labute approximate surface area is 98.0 Å². The standard InChI is InChI=1S/C12H11ClN2O/c1-7-9-6-8(13)2-3-10(9)15-5-4-14-12(16)11(7)15/h2-3,6H,4-5H2,1H3,(H,14,16). The van der Waals surface area contributed by atoms with Gasteiger partial charge in [0.05, 0.1) is 0 Å². The normalized spacial score (nSPS) is 15.0. The van der Waals surface area contributed by atoms with Crippen LogP contribution in [-0.4, -0.2) is 17.0 Å². The van der Waals surface area contributed by atoms with Crippen LogP contribution >= 0.6 is 11.6 Å². The monoisotopic (exact) mass is 234 g/mol. The summed E-state index contributed by atoms with van der Waals surface area (Å²) >= 11 is 5.98. The molecule has 3 rings (SSSR count). The molecule has 0 saturated carbocycles. The fraction of sp³-hybridized carbons (Fsp3) is 0.250. The molecule has 1 aromatic carbocycles. The Kier molecular flexibility index (Phi) is 1.98. The summed E-state index contributed by atoms with van der Waals surface area (Å²) < 4.78 is 2.07. The van der Waals surface area contributed by atoms with Gasteiger partial charge in [-0.05, 0) is 30.7 Å². The van der Waals surface area contributed by atoms with E-state index in [9.17, 15) is 4.79 Å². The van der Waals surface area contributed by atoms with Crippen molar-refractivity contribution in [3.8, 4) is 0 Å². The number of rotatable bonds is 0. The lowest BCUT2D eigenvalue weighted by molar-refractivity contribution is 0.0928. The third kappa shape index (κ3) is 1.18. The molecule has 82 valence electrons. The van der Waals surface area contributed by atoms with Crippen LogP contribution in [0.5, 0.6) is 0 Å². The minimum atomic E-state index is 0.0103. The zero-order valence-corrected chi connectivity index (χ0v) is 9.64. The molecule has 0 spiro atoms. The maximum atomic E-state index is 11.8. The van der Waals surface area contributed by atoms with Gasteiger partial charge in [0.25, 0.3) is 5.91 Å². The number of amides is 1. The minimum Gasteiger partial charge on any atom is -0.349 e. The van der Waals surface area contributed by atoms with E-state index in [2.05, 4.69) is 9.88 Å². The first-order valence-electron chi connectivity index (χ1n) is 5.25. The van der Waals surface area contributed by atoms with Crippen LogP contribution in [-0.2, 0) is 6.54 Å². The van der Waals surface area contributed by atoms with E-state index in [-0.39, 0.29) is 5.91 Å². The fourth-order valence-electron chi connectivity index (χ4n) is 2.38. The number of halogens is 1. The largest absolute Gasteiger partial charge is 0.349 e. The van der Waals surface area contributed by atoms with Crippen molar-refractivity contribution in [1.82, 2.24) is 9.88 Å². The smallest absolute Gasteiger partial charge is 0.268 e. The first kappa shape index (κ1) is 9.73. The highest BCUT2D eigenvalue weighted by Crippen LogP contribution is 2.29. The molecular formula is C12H11ClN2O. The molecule has 1 aliphatic rings. The van der Waals surface area contributed by atoms with Crippen LogP contribution in [0.1, 0.15) is 16.1 Å². The van der Waals surface area contributed by atoms with Crippen molar-refractivity contribution in [1.29, 1.82) is 0 Å². The molecule has 0 aliphatic carbocycles. The van der Waals surface area contributed by atoms with Crippen LogP contribution in [0.4, 0.5) is 0 Å². The van der Waals surface area contributed by atoms with Crippen molar-refractivity contribution in [2.75, 3.05) is 6.54 Å². The van der Waals surface area contributed by atoms with Crippen molar-refractivity contribution in [2.24, 2.45) is 0 Å². The molecule has 0 bridgehead atoms. The maximum Gasteiger partial charge on any atom is 0.268 e. The van der Waals surface area contributed by atoms with E-state index in [4.69, 9.17) is 11.6 Å². The van der Waals surface area contributed by atoms with E-state index in [1.54, 1.807) is 0 Å². The predicted octanol–water partition coefficient (Wildman–Crippen LogP) is 2.35. The van der Waals surface area contributed by atoms with Crippen molar-refractivity contribution in [3.05, 3.63) is 34.5 Å². The van der Waals surface area contributed by atoms with Gasteiger partial charge >= 0.3 is 0 Å². The lowest BCUT2D eigenvalue weighted by atomic mass is 10.1. The second-order valence-electron chi connectivity index (χ2n) is 4.04. The summed E-state index contributed by atoms with van der Waals surface area (Å²) in [6.45, 7) is 3.49. The Morgan fingerprint density at radius 1 is 1.44 bits per heavy atom. The average molecular weight is 235 g/mol. The summed E-state index contributed by atoms with van der Waals surface area (Å²) in [5.74, 6) is 0.0103. The Balaban J connectivity index is 2.43. The van der Waals surface area contributed by atoms with E-state index in [0.717, 1.165) is 28.7 Å². The zero-order chi connectivity index (χ0) is 11.3. The van der Waals surface area contributed by atoms with Gasteiger partial charge in [0.1, 0.15) is 5.69 Å². The highest BCUT2D eigenvalue weighted by Gasteiger charge is 2.23. The second kappa shape index (κ2) is 3.25. The summed E-state index contributed by atoms with van der Waals surface area (Å²) in [7, 11) is 0. The number of aryl methyl sites for hydroxylation is 1. The van der Waals surface area contributed by atoms with Crippen molar-refractivity contribution >= 4 is 28.4 Å². The molecule has 1 aromatic heterocycles. The molecule has 0 unspecified atom stereocenters. The molecule has 1 aliphatic heterocycles. The topological polar surface area (TPSA) is 34.0 Å². The van der Waals surface area contributed by atoms with Gasteiger partial charge in [0.15, 0.2) is 0 Å². The number of carbonyl (C=O) groups excluding carboxylic acids is 1. The summed E-state index contributed by atoms with van der Waals surface area (Å²) in [6, 6.07) is 5.76. The number of fused-ring (bicyclic) bond motifs is 3. The Morgan fingerprint density at radius 2 is 2.25 bits per heavy atom. The molecule has 0 fully saturated rings. The van der Waals surface area contributed by atoms with Crippen molar-refractivity contribution in [2.45, 2.75) is 13.5 Å². The van der Waals surface area contributed by atoms with E-state index in [1.165, 1.54) is 0 Å². The van der Waals surface area contributed by atoms with Crippen LogP contribution < -0.4 is 5.32 Å². The molecule has 0 atom stereocenters. The molecular weight excluding hydrogens is 224 g/mol. The third-order valence-electron chi connectivity index (χ3n) is 3.11. The zero-order valence-electron chi connectivity index (χ0n) is 8.88. The lowest BCUT2D eigenvalue weighted by Crippen LogP contribution is -2.35. The van der Waals surface area contributed by atoms with E-state index < -0.39 is 0 Å². The van der Waals surface area contributed by atoms with Gasteiger partial charge in [-0.2, -0.15) is 0 Å². The Morgan fingerprint density at radius 3 is 3.06 bits per heavy atom. The predicted molar refractivity (Wildman–Crippen MR) is 64.0 cm³/mol. The Hall–Kier alpha value is -1.48. The molecule has 0 radical (unpaired) electrons. The van der Waals surface area contributed by atoms with Crippen LogP contribution in [0.3, 0.4) is 0 Å². The van der Waals surface area contributed by atoms with Crippen molar-refractivity contribution < 1.29 is 4.79 Å². The number of nitrogens with zero attached hydrogens (tertiary/aromatic N) is 1. The van der Waals surface area contributed by atoms with Gasteiger partial charge in [-0.1, -0.05) is 11.6 Å². The average Bonchev–Trinajstić information content (AvgIpc) is 2.54. The first-order valence-corrected chi connectivity index (χ1v) is 5.63. The molecule has 2 heterocycles. The summed E-state index contributed by atoms with van der Waals surface area (Å²) in [4.78, 5) is 11.8. The molecule has 1 amide bonds. The molecule has 0 saturated heterocycles. The molecule has 4 heteroatoms. The summed E-state index contributed by atoms with van der Waals surface area (Å²) in [6.07, 6.45) is 0. The van der Waals surface area contributed by atoms with Gasteiger partial charge in [-0.15, -0.1) is 0 Å². The SMILES string of the molecule is Cc1c2n(c3ccc(Cl)cc13)CCNC2=O. The number of nitrogens with one attached hydrogen (secondary N) is 1. The summed E-state index contributed by atoms with van der Waals surface area (Å²) in [5.41, 5.74) is 2.87. The van der Waals surface area contributed by atoms with Crippen LogP contribution in [0.25, 0.3) is 10.9 Å². The van der Waals surface area contributed by atoms with Gasteiger partial charge in [-0.3, -0.25) is 4.79 Å². The molecule has 3 nitrogen and oxygen atoms in total. The van der Waals surface area contributed by atoms with E-state index in [0.29, 0.717) is 11.6 Å². The minimum absolute atomic E-state index is 0.0103.